The maximum Gasteiger partial charge on any atom is 0.350 e. The van der Waals surface area contributed by atoms with Crippen LogP contribution in [0.5, 0.6) is 0 Å². The molecular weight excluding hydrogens is 810 g/mol. The lowest BCUT2D eigenvalue weighted by atomic mass is 9.45. The van der Waals surface area contributed by atoms with E-state index in [1.807, 2.05) is 0 Å². The van der Waals surface area contributed by atoms with Gasteiger partial charge in [0.25, 0.3) is 0 Å². The first-order valence-electron chi connectivity index (χ1n) is 19.3. The zero-order valence-corrected chi connectivity index (χ0v) is 35.3. The zero-order chi connectivity index (χ0) is 45.6. The smallest absolute Gasteiger partial charge is 0.350 e. The summed E-state index contributed by atoms with van der Waals surface area (Å²) in [5, 5.41) is 13.5. The third-order valence-corrected chi connectivity index (χ3v) is 11.7. The summed E-state index contributed by atoms with van der Waals surface area (Å²) in [6.07, 6.45) is -9.13. The van der Waals surface area contributed by atoms with Crippen LogP contribution in [-0.2, 0) is 87.4 Å². The number of carbonyl (C=O) groups excluding carboxylic acids is 9. The highest BCUT2D eigenvalue weighted by atomic mass is 16.7. The molecule has 4 aliphatic rings. The number of cyclic esters (lactones) is 1. The summed E-state index contributed by atoms with van der Waals surface area (Å²) in [5.41, 5.74) is -13.3. The Labute approximate surface area is 349 Å². The largest absolute Gasteiger partial charge is 0.465 e. The van der Waals surface area contributed by atoms with Gasteiger partial charge in [0.1, 0.15) is 35.9 Å². The fourth-order valence-corrected chi connectivity index (χ4v) is 9.15. The quantitative estimate of drug-likeness (QED) is 0.218. The Morgan fingerprint density at radius 1 is 0.869 bits per heavy atom. The van der Waals surface area contributed by atoms with E-state index in [4.69, 9.17) is 42.6 Å². The van der Waals surface area contributed by atoms with Crippen LogP contribution in [0.1, 0.15) is 91.7 Å². The van der Waals surface area contributed by atoms with Gasteiger partial charge in [0.2, 0.25) is 5.60 Å². The molecule has 0 aromatic carbocycles. The molecule has 2 saturated carbocycles. The molecule has 332 valence electrons. The second kappa shape index (κ2) is 16.6. The number of aliphatic hydroxyl groups is 1. The molecule has 2 aliphatic carbocycles. The van der Waals surface area contributed by atoms with Gasteiger partial charge in [-0.25, -0.2) is 14.4 Å². The van der Waals surface area contributed by atoms with Gasteiger partial charge >= 0.3 is 47.8 Å². The number of hydrogen-bond donors (Lipinski definition) is 1. The number of ether oxygens (including phenoxy) is 9. The van der Waals surface area contributed by atoms with Gasteiger partial charge in [0.15, 0.2) is 35.8 Å². The molecule has 1 aromatic heterocycles. The molecule has 2 aliphatic heterocycles. The van der Waals surface area contributed by atoms with Crippen LogP contribution in [0.4, 0.5) is 0 Å². The summed E-state index contributed by atoms with van der Waals surface area (Å²) in [5.74, 6) is -11.9. The molecule has 3 fully saturated rings. The molecule has 1 aromatic rings. The molecule has 5 rings (SSSR count). The SMILES string of the molecule is C/C=C(\C)C(=O)O[C@@H]1[C@H](OC(C)=O)[C@@]2(COC(C)=O)[C@H](OC(C)=O)C(=O)[C@@H]3[C@@H](OC(C)=O)[C@@]24O[C@@]3(C)COC(=O)c2cccnc2CC[C@@](C)(OC(C)=O)C(=O)O[C@@H]1[C@]4(C)O. The summed E-state index contributed by atoms with van der Waals surface area (Å²) in [7, 11) is 0. The number of rotatable bonds is 8. The lowest BCUT2D eigenvalue weighted by Gasteiger charge is -2.66. The highest BCUT2D eigenvalue weighted by Crippen LogP contribution is 2.69. The van der Waals surface area contributed by atoms with E-state index in [0.29, 0.717) is 0 Å². The third-order valence-electron chi connectivity index (χ3n) is 11.7. The molecule has 0 radical (unpaired) electrons. The van der Waals surface area contributed by atoms with Gasteiger partial charge < -0.3 is 47.7 Å². The van der Waals surface area contributed by atoms with Gasteiger partial charge in [-0.2, -0.15) is 0 Å². The molecular formula is C41H49NO19. The Kier molecular flexibility index (Phi) is 12.6. The maximum atomic E-state index is 15.3. The highest BCUT2D eigenvalue weighted by Gasteiger charge is 2.91. The molecule has 11 atom stereocenters. The number of esters is 8. The predicted octanol–water partition coefficient (Wildman–Crippen LogP) is 1.13. The Morgan fingerprint density at radius 2 is 1.49 bits per heavy atom. The molecule has 0 amide bonds. The molecule has 20 heteroatoms. The number of Topliss-reactive ketones (excluding diaryl/α,β-unsaturated/α-hetero) is 1. The number of nitrogens with zero attached hydrogens (tertiary/aromatic N) is 1. The second-order valence-electron chi connectivity index (χ2n) is 16.1. The van der Waals surface area contributed by atoms with Gasteiger partial charge in [-0.1, -0.05) is 6.08 Å². The lowest BCUT2D eigenvalue weighted by molar-refractivity contribution is -0.377. The van der Waals surface area contributed by atoms with Crippen molar-refractivity contribution in [2.45, 2.75) is 135 Å². The number of allylic oxidation sites excluding steroid dienone is 1. The van der Waals surface area contributed by atoms with Crippen molar-refractivity contribution in [2.75, 3.05) is 13.2 Å². The maximum absolute atomic E-state index is 15.3. The number of pyridine rings is 1. The van der Waals surface area contributed by atoms with E-state index in [-0.39, 0.29) is 23.3 Å². The van der Waals surface area contributed by atoms with Crippen molar-refractivity contribution < 1.29 is 90.9 Å². The number of carbonyl (C=O) groups is 9. The minimum atomic E-state index is -3.00. The van der Waals surface area contributed by atoms with Gasteiger partial charge in [0.05, 0.1) is 17.2 Å². The topological polar surface area (TPSA) is 270 Å². The van der Waals surface area contributed by atoms with Crippen LogP contribution in [0.2, 0.25) is 0 Å². The van der Waals surface area contributed by atoms with E-state index >= 15 is 4.79 Å². The van der Waals surface area contributed by atoms with Crippen LogP contribution in [-0.4, -0.2) is 130 Å². The zero-order valence-electron chi connectivity index (χ0n) is 35.3. The first-order chi connectivity index (χ1) is 28.3. The fourth-order valence-electron chi connectivity index (χ4n) is 9.15. The van der Waals surface area contributed by atoms with Crippen molar-refractivity contribution in [1.82, 2.24) is 4.98 Å². The van der Waals surface area contributed by atoms with Gasteiger partial charge in [-0.15, -0.1) is 0 Å². The molecule has 20 nitrogen and oxygen atoms in total. The molecule has 61 heavy (non-hydrogen) atoms. The monoisotopic (exact) mass is 859 g/mol. The summed E-state index contributed by atoms with van der Waals surface area (Å²) in [4.78, 5) is 127. The van der Waals surface area contributed by atoms with Crippen LogP contribution in [0, 0.1) is 11.3 Å². The summed E-state index contributed by atoms with van der Waals surface area (Å²) in [6.45, 7) is 8.97. The third kappa shape index (κ3) is 7.75. The van der Waals surface area contributed by atoms with Crippen LogP contribution in [0.25, 0.3) is 0 Å². The summed E-state index contributed by atoms with van der Waals surface area (Å²) in [6, 6.07) is 2.78. The van der Waals surface area contributed by atoms with Crippen molar-refractivity contribution in [1.29, 1.82) is 0 Å². The Bertz CT molecular complexity index is 2080. The highest BCUT2D eigenvalue weighted by molar-refractivity contribution is 5.94. The molecule has 3 heterocycles. The normalized spacial score (nSPS) is 35.8. The number of aryl methyl sites for hydroxylation is 1. The van der Waals surface area contributed by atoms with E-state index in [9.17, 15) is 43.5 Å². The van der Waals surface area contributed by atoms with Gasteiger partial charge in [-0.3, -0.25) is 33.8 Å². The first-order valence-corrected chi connectivity index (χ1v) is 19.3. The van der Waals surface area contributed by atoms with E-state index in [1.54, 1.807) is 0 Å². The van der Waals surface area contributed by atoms with Gasteiger partial charge in [0, 0.05) is 52.8 Å². The number of aromatic nitrogens is 1. The average molecular weight is 860 g/mol. The number of fused-ring (bicyclic) bond motifs is 5. The van der Waals surface area contributed by atoms with Crippen molar-refractivity contribution in [2.24, 2.45) is 11.3 Å². The molecule has 1 saturated heterocycles. The van der Waals surface area contributed by atoms with Crippen molar-refractivity contribution >= 4 is 53.5 Å². The van der Waals surface area contributed by atoms with E-state index in [0.717, 1.165) is 41.5 Å². The van der Waals surface area contributed by atoms with Crippen LogP contribution < -0.4 is 0 Å². The minimum absolute atomic E-state index is 0.0597. The van der Waals surface area contributed by atoms with E-state index in [2.05, 4.69) is 4.98 Å². The lowest BCUT2D eigenvalue weighted by Crippen LogP contribution is -2.89. The van der Waals surface area contributed by atoms with Crippen molar-refractivity contribution in [3.05, 3.63) is 41.2 Å². The minimum Gasteiger partial charge on any atom is -0.465 e. The molecule has 1 N–H and O–H groups in total. The second-order valence-corrected chi connectivity index (χ2v) is 16.1. The molecule has 4 bridgehead atoms. The standard InChI is InChI=1S/C41H49NO19/c1-11-19(2)34(49)58-29-32-39(10,52)41-30(55-21(4)44)27(28(48)31(56-22(5)45)40(41,18-53-20(3)43)33(29)57-23(6)46)38(9,61-41)17-54-35(50)25-13-12-16-42-26(25)14-15-37(8,36(51)59-32)60-24(7)47/h11-13,16,27,29-33,52H,14-15,17-18H2,1-10H3/b19-11+/t27-,29+,30-,31-,32+,33+,37-,38+,39+,40-,41+/m1/s1. The Morgan fingerprint density at radius 3 is 2.07 bits per heavy atom. The fraction of sp³-hybridized carbons (Fsp3) is 0.610. The molecule has 1 spiro atoms. The number of ketones is 1. The Balaban J connectivity index is 2.00. The van der Waals surface area contributed by atoms with Crippen LogP contribution in [0.15, 0.2) is 30.0 Å². The van der Waals surface area contributed by atoms with Gasteiger partial charge in [-0.05, 0) is 53.2 Å². The van der Waals surface area contributed by atoms with E-state index < -0.39 is 137 Å². The average Bonchev–Trinajstić information content (AvgIpc) is 3.39. The van der Waals surface area contributed by atoms with Crippen molar-refractivity contribution in [3.63, 3.8) is 0 Å². The van der Waals surface area contributed by atoms with E-state index in [1.165, 1.54) is 52.1 Å². The molecule has 0 unspecified atom stereocenters. The Hall–Kier alpha value is -5.76. The number of hydrogen-bond acceptors (Lipinski definition) is 20. The van der Waals surface area contributed by atoms with Crippen LogP contribution in [0.3, 0.4) is 0 Å². The summed E-state index contributed by atoms with van der Waals surface area (Å²) >= 11 is 0. The first kappa shape index (κ1) is 46.3. The van der Waals surface area contributed by atoms with Crippen molar-refractivity contribution in [3.8, 4) is 0 Å². The van der Waals surface area contributed by atoms with Crippen LogP contribution >= 0.6 is 0 Å². The summed E-state index contributed by atoms with van der Waals surface area (Å²) < 4.78 is 53.5. The predicted molar refractivity (Wildman–Crippen MR) is 199 cm³/mol.